The van der Waals surface area contributed by atoms with Crippen LogP contribution in [-0.4, -0.2) is 15.3 Å². The lowest BCUT2D eigenvalue weighted by Gasteiger charge is -2.08. The number of imidazole rings is 1. The summed E-state index contributed by atoms with van der Waals surface area (Å²) in [4.78, 5) is 16.4. The summed E-state index contributed by atoms with van der Waals surface area (Å²) in [6, 6.07) is 9.82. The van der Waals surface area contributed by atoms with Gasteiger partial charge in [-0.2, -0.15) is 5.26 Å². The second-order valence-electron chi connectivity index (χ2n) is 4.81. The summed E-state index contributed by atoms with van der Waals surface area (Å²) in [6.07, 6.45) is 2.59. The van der Waals surface area contributed by atoms with E-state index in [1.54, 1.807) is 18.2 Å². The summed E-state index contributed by atoms with van der Waals surface area (Å²) in [5.41, 5.74) is 2.51. The first-order valence-electron chi connectivity index (χ1n) is 6.53. The normalized spacial score (nSPS) is 10.4. The van der Waals surface area contributed by atoms with Gasteiger partial charge in [0.25, 0.3) is 5.91 Å². The number of nitrogens with one attached hydrogen (secondary N) is 1. The molecule has 22 heavy (non-hydrogen) atoms. The lowest BCUT2D eigenvalue weighted by atomic mass is 10.1. The standard InChI is InChI=1S/C16H11FN4O/c1-10-2-3-11(7-18)6-13(10)20-16(22)14-8-19-15-5-4-12(17)9-21(14)15/h2-6,8-9H,1H3,(H,20,22). The molecule has 6 heteroatoms. The van der Waals surface area contributed by atoms with Crippen molar-refractivity contribution in [2.45, 2.75) is 6.92 Å². The summed E-state index contributed by atoms with van der Waals surface area (Å²) in [5, 5.41) is 11.7. The maximum absolute atomic E-state index is 13.3. The van der Waals surface area contributed by atoms with Crippen LogP contribution in [0.1, 0.15) is 21.6 Å². The van der Waals surface area contributed by atoms with Crippen LogP contribution in [0.2, 0.25) is 0 Å². The van der Waals surface area contributed by atoms with Gasteiger partial charge < -0.3 is 5.32 Å². The Morgan fingerprint density at radius 3 is 2.95 bits per heavy atom. The molecule has 0 aliphatic carbocycles. The van der Waals surface area contributed by atoms with Gasteiger partial charge in [0.05, 0.1) is 17.8 Å². The Morgan fingerprint density at radius 1 is 1.36 bits per heavy atom. The van der Waals surface area contributed by atoms with Gasteiger partial charge in [-0.25, -0.2) is 9.37 Å². The van der Waals surface area contributed by atoms with Gasteiger partial charge in [-0.1, -0.05) is 6.07 Å². The average molecular weight is 294 g/mol. The minimum Gasteiger partial charge on any atom is -0.320 e. The van der Waals surface area contributed by atoms with Crippen molar-refractivity contribution in [1.29, 1.82) is 5.26 Å². The molecule has 2 heterocycles. The fourth-order valence-electron chi connectivity index (χ4n) is 2.14. The van der Waals surface area contributed by atoms with Crippen molar-refractivity contribution in [2.24, 2.45) is 0 Å². The summed E-state index contributed by atoms with van der Waals surface area (Å²) in [6.45, 7) is 1.82. The molecule has 0 saturated heterocycles. The Bertz CT molecular complexity index is 924. The molecule has 0 spiro atoms. The van der Waals surface area contributed by atoms with Gasteiger partial charge in [-0.15, -0.1) is 0 Å². The molecule has 0 unspecified atom stereocenters. The van der Waals surface area contributed by atoms with Crippen LogP contribution in [0, 0.1) is 24.1 Å². The molecule has 1 aromatic carbocycles. The van der Waals surface area contributed by atoms with Gasteiger partial charge in [0, 0.05) is 11.9 Å². The zero-order valence-corrected chi connectivity index (χ0v) is 11.7. The van der Waals surface area contributed by atoms with E-state index < -0.39 is 11.7 Å². The van der Waals surface area contributed by atoms with Crippen molar-refractivity contribution in [3.05, 3.63) is 65.4 Å². The average Bonchev–Trinajstić information content (AvgIpc) is 2.92. The van der Waals surface area contributed by atoms with Gasteiger partial charge in [0.15, 0.2) is 0 Å². The van der Waals surface area contributed by atoms with Crippen molar-refractivity contribution in [3.63, 3.8) is 0 Å². The monoisotopic (exact) mass is 294 g/mol. The van der Waals surface area contributed by atoms with E-state index in [0.717, 1.165) is 5.56 Å². The number of benzene rings is 1. The van der Waals surface area contributed by atoms with Crippen molar-refractivity contribution in [2.75, 3.05) is 5.32 Å². The molecule has 3 rings (SSSR count). The van der Waals surface area contributed by atoms with Crippen LogP contribution in [0.15, 0.2) is 42.7 Å². The molecule has 3 aromatic rings. The van der Waals surface area contributed by atoms with E-state index in [-0.39, 0.29) is 5.69 Å². The lowest BCUT2D eigenvalue weighted by Crippen LogP contribution is -2.15. The predicted molar refractivity (Wildman–Crippen MR) is 79.0 cm³/mol. The number of anilines is 1. The van der Waals surface area contributed by atoms with Gasteiger partial charge in [-0.3, -0.25) is 9.20 Å². The number of nitrogens with zero attached hydrogens (tertiary/aromatic N) is 3. The van der Waals surface area contributed by atoms with Gasteiger partial charge in [0.2, 0.25) is 0 Å². The molecular weight excluding hydrogens is 283 g/mol. The number of nitriles is 1. The summed E-state index contributed by atoms with van der Waals surface area (Å²) in [5.74, 6) is -0.876. The zero-order chi connectivity index (χ0) is 15.7. The van der Waals surface area contributed by atoms with Crippen LogP contribution in [0.25, 0.3) is 5.65 Å². The zero-order valence-electron chi connectivity index (χ0n) is 11.7. The van der Waals surface area contributed by atoms with Gasteiger partial charge in [-0.05, 0) is 36.8 Å². The van der Waals surface area contributed by atoms with Crippen LogP contribution < -0.4 is 5.32 Å². The number of rotatable bonds is 2. The minimum absolute atomic E-state index is 0.219. The SMILES string of the molecule is Cc1ccc(C#N)cc1NC(=O)c1cnc2ccc(F)cn12. The largest absolute Gasteiger partial charge is 0.320 e. The maximum atomic E-state index is 13.3. The third-order valence-corrected chi connectivity index (χ3v) is 3.32. The lowest BCUT2D eigenvalue weighted by molar-refractivity contribution is 0.102. The van der Waals surface area contributed by atoms with E-state index in [1.165, 1.54) is 28.9 Å². The first-order chi connectivity index (χ1) is 10.6. The number of hydrogen-bond donors (Lipinski definition) is 1. The van der Waals surface area contributed by atoms with E-state index in [4.69, 9.17) is 5.26 Å². The van der Waals surface area contributed by atoms with Crippen molar-refractivity contribution >= 4 is 17.2 Å². The molecule has 1 N–H and O–H groups in total. The molecule has 108 valence electrons. The Labute approximate surface area is 125 Å². The van der Waals surface area contributed by atoms with Crippen molar-refractivity contribution < 1.29 is 9.18 Å². The summed E-state index contributed by atoms with van der Waals surface area (Å²) >= 11 is 0. The van der Waals surface area contributed by atoms with Crippen LogP contribution in [0.3, 0.4) is 0 Å². The molecule has 0 bridgehead atoms. The van der Waals surface area contributed by atoms with Gasteiger partial charge >= 0.3 is 0 Å². The number of pyridine rings is 1. The second-order valence-corrected chi connectivity index (χ2v) is 4.81. The minimum atomic E-state index is -0.456. The first-order valence-corrected chi connectivity index (χ1v) is 6.53. The van der Waals surface area contributed by atoms with E-state index >= 15 is 0 Å². The highest BCUT2D eigenvalue weighted by molar-refractivity contribution is 6.04. The fraction of sp³-hybridized carbons (Fsp3) is 0.0625. The number of fused-ring (bicyclic) bond motifs is 1. The molecular formula is C16H11FN4O. The Kier molecular flexibility index (Phi) is 3.31. The number of carbonyl (C=O) groups is 1. The quantitative estimate of drug-likeness (QED) is 0.790. The molecule has 0 atom stereocenters. The van der Waals surface area contributed by atoms with E-state index in [1.807, 2.05) is 13.0 Å². The third kappa shape index (κ3) is 2.40. The third-order valence-electron chi connectivity index (χ3n) is 3.32. The highest BCUT2D eigenvalue weighted by atomic mass is 19.1. The van der Waals surface area contributed by atoms with Crippen molar-refractivity contribution in [1.82, 2.24) is 9.38 Å². The molecule has 0 radical (unpaired) electrons. The Hall–Kier alpha value is -3.20. The summed E-state index contributed by atoms with van der Waals surface area (Å²) < 4.78 is 14.7. The van der Waals surface area contributed by atoms with Gasteiger partial charge in [0.1, 0.15) is 17.2 Å². The number of amides is 1. The van der Waals surface area contributed by atoms with E-state index in [9.17, 15) is 9.18 Å². The molecule has 1 amide bonds. The molecule has 0 aliphatic rings. The van der Waals surface area contributed by atoms with Crippen molar-refractivity contribution in [3.8, 4) is 6.07 Å². The smallest absolute Gasteiger partial charge is 0.274 e. The number of hydrogen-bond acceptors (Lipinski definition) is 3. The highest BCUT2D eigenvalue weighted by Crippen LogP contribution is 2.18. The molecule has 2 aromatic heterocycles. The number of aryl methyl sites for hydroxylation is 1. The van der Waals surface area contributed by atoms with Crippen LogP contribution in [0.5, 0.6) is 0 Å². The first kappa shape index (κ1) is 13.8. The number of carbonyl (C=O) groups excluding carboxylic acids is 1. The van der Waals surface area contributed by atoms with Crippen LogP contribution in [-0.2, 0) is 0 Å². The molecule has 5 nitrogen and oxygen atoms in total. The molecule has 0 fully saturated rings. The van der Waals surface area contributed by atoms with Crippen LogP contribution >= 0.6 is 0 Å². The fourth-order valence-corrected chi connectivity index (χ4v) is 2.14. The van der Waals surface area contributed by atoms with Crippen LogP contribution in [0.4, 0.5) is 10.1 Å². The Balaban J connectivity index is 1.97. The van der Waals surface area contributed by atoms with E-state index in [0.29, 0.717) is 16.9 Å². The molecule has 0 aliphatic heterocycles. The molecule has 0 saturated carbocycles. The summed E-state index contributed by atoms with van der Waals surface area (Å²) in [7, 11) is 0. The number of halogens is 1. The number of aromatic nitrogens is 2. The Morgan fingerprint density at radius 2 is 2.18 bits per heavy atom. The highest BCUT2D eigenvalue weighted by Gasteiger charge is 2.14. The predicted octanol–water partition coefficient (Wildman–Crippen LogP) is 2.91. The maximum Gasteiger partial charge on any atom is 0.274 e. The topological polar surface area (TPSA) is 70.2 Å². The second kappa shape index (κ2) is 5.30. The van der Waals surface area contributed by atoms with E-state index in [2.05, 4.69) is 10.3 Å².